The Bertz CT molecular complexity index is 826. The summed E-state index contributed by atoms with van der Waals surface area (Å²) in [6.45, 7) is 0. The Kier molecular flexibility index (Phi) is 3.84. The van der Waals surface area contributed by atoms with E-state index in [0.29, 0.717) is 10.0 Å². The predicted octanol–water partition coefficient (Wildman–Crippen LogP) is 5.17. The number of rotatable bonds is 3. The summed E-state index contributed by atoms with van der Waals surface area (Å²) in [6.07, 6.45) is 0.257. The van der Waals surface area contributed by atoms with Gasteiger partial charge in [-0.1, -0.05) is 58.4 Å². The normalized spacial score (nSPS) is 10.8. The molecule has 0 saturated carbocycles. The molecule has 3 aromatic rings. The van der Waals surface area contributed by atoms with Gasteiger partial charge in [0.2, 0.25) is 0 Å². The molecule has 1 nitrogen and oxygen atoms in total. The molecule has 0 bridgehead atoms. The predicted molar refractivity (Wildman–Crippen MR) is 86.1 cm³/mol. The summed E-state index contributed by atoms with van der Waals surface area (Å²) >= 11 is 3.30. The van der Waals surface area contributed by atoms with Crippen molar-refractivity contribution >= 4 is 32.5 Å². The molecule has 0 unspecified atom stereocenters. The second-order valence-corrected chi connectivity index (χ2v) is 5.76. The van der Waals surface area contributed by atoms with Crippen LogP contribution in [0.25, 0.3) is 10.8 Å². The first-order valence-electron chi connectivity index (χ1n) is 6.59. The van der Waals surface area contributed by atoms with E-state index in [1.54, 1.807) is 6.07 Å². The highest BCUT2D eigenvalue weighted by Crippen LogP contribution is 2.21. The third-order valence-electron chi connectivity index (χ3n) is 3.41. The number of Topliss-reactive ketones (excluding diaryl/α,β-unsaturated/α-hetero) is 1. The Morgan fingerprint density at radius 3 is 2.52 bits per heavy atom. The van der Waals surface area contributed by atoms with E-state index in [1.165, 1.54) is 12.1 Å². The van der Waals surface area contributed by atoms with Crippen molar-refractivity contribution in [2.75, 3.05) is 0 Å². The zero-order valence-electron chi connectivity index (χ0n) is 11.1. The highest BCUT2D eigenvalue weighted by atomic mass is 79.9. The van der Waals surface area contributed by atoms with Crippen molar-refractivity contribution in [2.45, 2.75) is 6.42 Å². The van der Waals surface area contributed by atoms with E-state index in [0.717, 1.165) is 16.3 Å². The summed E-state index contributed by atoms with van der Waals surface area (Å²) < 4.78 is 13.9. The van der Waals surface area contributed by atoms with E-state index in [-0.39, 0.29) is 12.2 Å². The van der Waals surface area contributed by atoms with Gasteiger partial charge in [0.1, 0.15) is 5.82 Å². The molecule has 0 aliphatic carbocycles. The molecule has 3 aromatic carbocycles. The van der Waals surface area contributed by atoms with Crippen molar-refractivity contribution in [1.82, 2.24) is 0 Å². The van der Waals surface area contributed by atoms with Crippen LogP contribution in [0.5, 0.6) is 0 Å². The number of hydrogen-bond acceptors (Lipinski definition) is 1. The van der Waals surface area contributed by atoms with Crippen LogP contribution >= 0.6 is 15.9 Å². The number of ketones is 1. The molecule has 0 heterocycles. The molecule has 0 fully saturated rings. The second kappa shape index (κ2) is 5.78. The van der Waals surface area contributed by atoms with Gasteiger partial charge in [-0.2, -0.15) is 0 Å². The van der Waals surface area contributed by atoms with Crippen LogP contribution in [0.3, 0.4) is 0 Å². The molecule has 0 aliphatic heterocycles. The monoisotopic (exact) mass is 342 g/mol. The third-order valence-corrected chi connectivity index (χ3v) is 4.10. The van der Waals surface area contributed by atoms with Crippen LogP contribution in [-0.2, 0) is 6.42 Å². The molecular weight excluding hydrogens is 331 g/mol. The van der Waals surface area contributed by atoms with E-state index in [2.05, 4.69) is 15.9 Å². The van der Waals surface area contributed by atoms with Gasteiger partial charge < -0.3 is 0 Å². The molecular formula is C18H12BrFO. The SMILES string of the molecule is O=C(Cc1ccc2ccccc2c1)c1cc(F)ccc1Br. The maximum Gasteiger partial charge on any atom is 0.168 e. The lowest BCUT2D eigenvalue weighted by molar-refractivity contribution is 0.0992. The number of halogens is 2. The number of fused-ring (bicyclic) bond motifs is 1. The van der Waals surface area contributed by atoms with Crippen LogP contribution in [0, 0.1) is 5.82 Å². The number of hydrogen-bond donors (Lipinski definition) is 0. The third kappa shape index (κ3) is 3.03. The molecule has 3 heteroatoms. The molecule has 3 rings (SSSR count). The molecule has 0 atom stereocenters. The molecule has 0 radical (unpaired) electrons. The largest absolute Gasteiger partial charge is 0.294 e. The number of carbonyl (C=O) groups excluding carboxylic acids is 1. The van der Waals surface area contributed by atoms with E-state index >= 15 is 0 Å². The lowest BCUT2D eigenvalue weighted by Gasteiger charge is -2.06. The van der Waals surface area contributed by atoms with Crippen molar-refractivity contribution in [1.29, 1.82) is 0 Å². The summed E-state index contributed by atoms with van der Waals surface area (Å²) in [7, 11) is 0. The van der Waals surface area contributed by atoms with Gasteiger partial charge in [0.15, 0.2) is 5.78 Å². The molecule has 0 spiro atoms. The quantitative estimate of drug-likeness (QED) is 0.600. The van der Waals surface area contributed by atoms with Gasteiger partial charge in [-0.25, -0.2) is 4.39 Å². The van der Waals surface area contributed by atoms with Crippen LogP contribution in [0.4, 0.5) is 4.39 Å². The summed E-state index contributed by atoms with van der Waals surface area (Å²) in [5.41, 5.74) is 1.30. The van der Waals surface area contributed by atoms with Gasteiger partial charge >= 0.3 is 0 Å². The second-order valence-electron chi connectivity index (χ2n) is 4.91. The lowest BCUT2D eigenvalue weighted by atomic mass is 10.00. The minimum atomic E-state index is -0.403. The maximum atomic E-state index is 13.3. The minimum Gasteiger partial charge on any atom is -0.294 e. The zero-order chi connectivity index (χ0) is 14.8. The molecule has 0 saturated heterocycles. The Balaban J connectivity index is 1.90. The van der Waals surface area contributed by atoms with E-state index in [9.17, 15) is 9.18 Å². The van der Waals surface area contributed by atoms with Gasteiger partial charge in [-0.05, 0) is 34.5 Å². The fraction of sp³-hybridized carbons (Fsp3) is 0.0556. The van der Waals surface area contributed by atoms with Crippen LogP contribution in [-0.4, -0.2) is 5.78 Å². The highest BCUT2D eigenvalue weighted by molar-refractivity contribution is 9.10. The van der Waals surface area contributed by atoms with Gasteiger partial charge in [0.25, 0.3) is 0 Å². The summed E-state index contributed by atoms with van der Waals surface area (Å²) in [5, 5.41) is 2.24. The van der Waals surface area contributed by atoms with Gasteiger partial charge in [-0.15, -0.1) is 0 Å². The fourth-order valence-corrected chi connectivity index (χ4v) is 2.81. The summed E-state index contributed by atoms with van der Waals surface area (Å²) in [5.74, 6) is -0.503. The zero-order valence-corrected chi connectivity index (χ0v) is 12.7. The molecule has 21 heavy (non-hydrogen) atoms. The highest BCUT2D eigenvalue weighted by Gasteiger charge is 2.12. The van der Waals surface area contributed by atoms with Crippen LogP contribution in [0.15, 0.2) is 65.1 Å². The summed E-state index contributed by atoms with van der Waals surface area (Å²) in [6, 6.07) is 18.1. The lowest BCUT2D eigenvalue weighted by Crippen LogP contribution is -2.05. The van der Waals surface area contributed by atoms with Crippen molar-refractivity contribution in [2.24, 2.45) is 0 Å². The first-order chi connectivity index (χ1) is 10.1. The first-order valence-corrected chi connectivity index (χ1v) is 7.39. The van der Waals surface area contributed by atoms with Crippen LogP contribution < -0.4 is 0 Å². The van der Waals surface area contributed by atoms with Gasteiger partial charge in [0, 0.05) is 16.5 Å². The Labute approximate surface area is 130 Å². The Hall–Kier alpha value is -2.00. The number of carbonyl (C=O) groups is 1. The van der Waals surface area contributed by atoms with Crippen LogP contribution in [0.2, 0.25) is 0 Å². The molecule has 0 amide bonds. The molecule has 104 valence electrons. The van der Waals surface area contributed by atoms with E-state index in [4.69, 9.17) is 0 Å². The molecule has 0 N–H and O–H groups in total. The van der Waals surface area contributed by atoms with Crippen LogP contribution in [0.1, 0.15) is 15.9 Å². The smallest absolute Gasteiger partial charge is 0.168 e. The Morgan fingerprint density at radius 1 is 0.952 bits per heavy atom. The van der Waals surface area contributed by atoms with E-state index < -0.39 is 5.82 Å². The first kappa shape index (κ1) is 14.0. The van der Waals surface area contributed by atoms with Crippen molar-refractivity contribution < 1.29 is 9.18 Å². The molecule has 0 aromatic heterocycles. The maximum absolute atomic E-state index is 13.3. The van der Waals surface area contributed by atoms with E-state index in [1.807, 2.05) is 42.5 Å². The van der Waals surface area contributed by atoms with Crippen molar-refractivity contribution in [3.63, 3.8) is 0 Å². The topological polar surface area (TPSA) is 17.1 Å². The number of benzene rings is 3. The average molecular weight is 343 g/mol. The fourth-order valence-electron chi connectivity index (χ4n) is 2.34. The van der Waals surface area contributed by atoms with Gasteiger partial charge in [-0.3, -0.25) is 4.79 Å². The molecule has 0 aliphatic rings. The Morgan fingerprint density at radius 2 is 1.71 bits per heavy atom. The van der Waals surface area contributed by atoms with Gasteiger partial charge in [0.05, 0.1) is 0 Å². The minimum absolute atomic E-state index is 0.100. The standard InChI is InChI=1S/C18H12BrFO/c19-17-8-7-15(20)11-16(17)18(21)10-12-5-6-13-3-1-2-4-14(13)9-12/h1-9,11H,10H2. The summed E-state index contributed by atoms with van der Waals surface area (Å²) in [4.78, 5) is 12.3. The average Bonchev–Trinajstić information content (AvgIpc) is 2.49. The van der Waals surface area contributed by atoms with Crippen molar-refractivity contribution in [3.05, 3.63) is 82.1 Å². The van der Waals surface area contributed by atoms with Crippen molar-refractivity contribution in [3.8, 4) is 0 Å².